The lowest BCUT2D eigenvalue weighted by Crippen LogP contribution is -2.32. The van der Waals surface area contributed by atoms with Gasteiger partial charge in [-0.05, 0) is 30.0 Å². The zero-order valence-corrected chi connectivity index (χ0v) is 14.6. The molecule has 0 amide bonds. The van der Waals surface area contributed by atoms with Crippen LogP contribution in [0.5, 0.6) is 5.75 Å². The quantitative estimate of drug-likeness (QED) is 0.679. The molecule has 0 saturated heterocycles. The van der Waals surface area contributed by atoms with E-state index in [9.17, 15) is 5.11 Å². The number of likely N-dealkylation sites (N-methyl/N-ethyl adjacent to an activating group) is 1. The van der Waals surface area contributed by atoms with E-state index in [1.165, 1.54) is 5.39 Å². The second-order valence-electron chi connectivity index (χ2n) is 6.13. The molecule has 6 nitrogen and oxygen atoms in total. The number of rotatable bonds is 8. The maximum absolute atomic E-state index is 10.2. The Bertz CT molecular complexity index is 818. The minimum Gasteiger partial charge on any atom is -0.491 e. The first-order valence-electron chi connectivity index (χ1n) is 8.43. The number of nitrogens with zero attached hydrogens (tertiary/aromatic N) is 3. The standard InChI is InChI=1S/C19H23N3O3/c1-3-18-20-19(25-21-18)12-22(2)11-16(23)13-24-17-9-8-14-6-4-5-7-15(14)10-17/h4-10,16,23H,3,11-13H2,1-2H3. The Morgan fingerprint density at radius 3 is 2.76 bits per heavy atom. The Balaban J connectivity index is 1.48. The predicted octanol–water partition coefficient (Wildman–Crippen LogP) is 2.66. The van der Waals surface area contributed by atoms with Gasteiger partial charge in [-0.1, -0.05) is 42.4 Å². The van der Waals surface area contributed by atoms with Gasteiger partial charge in [0.05, 0.1) is 6.54 Å². The Labute approximate surface area is 147 Å². The number of aliphatic hydroxyl groups excluding tert-OH is 1. The smallest absolute Gasteiger partial charge is 0.240 e. The summed E-state index contributed by atoms with van der Waals surface area (Å²) in [5.41, 5.74) is 0. The third-order valence-electron chi connectivity index (χ3n) is 3.92. The van der Waals surface area contributed by atoms with E-state index in [1.54, 1.807) is 0 Å². The zero-order chi connectivity index (χ0) is 17.6. The Morgan fingerprint density at radius 2 is 2.00 bits per heavy atom. The van der Waals surface area contributed by atoms with Crippen molar-refractivity contribution in [2.24, 2.45) is 0 Å². The van der Waals surface area contributed by atoms with Crippen LogP contribution in [-0.2, 0) is 13.0 Å². The number of hydrogen-bond donors (Lipinski definition) is 1. The summed E-state index contributed by atoms with van der Waals surface area (Å²) in [7, 11) is 1.90. The van der Waals surface area contributed by atoms with Crippen LogP contribution in [0.3, 0.4) is 0 Å². The van der Waals surface area contributed by atoms with Gasteiger partial charge in [-0.2, -0.15) is 4.98 Å². The molecule has 0 fully saturated rings. The van der Waals surface area contributed by atoms with E-state index in [-0.39, 0.29) is 6.61 Å². The van der Waals surface area contributed by atoms with Gasteiger partial charge in [0, 0.05) is 13.0 Å². The van der Waals surface area contributed by atoms with Crippen molar-refractivity contribution in [1.82, 2.24) is 15.0 Å². The first-order chi connectivity index (χ1) is 12.1. The number of aliphatic hydroxyl groups is 1. The molecule has 1 atom stereocenters. The molecular formula is C19H23N3O3. The summed E-state index contributed by atoms with van der Waals surface area (Å²) in [5, 5.41) is 16.3. The van der Waals surface area contributed by atoms with Gasteiger partial charge < -0.3 is 14.4 Å². The van der Waals surface area contributed by atoms with Crippen LogP contribution in [0.4, 0.5) is 0 Å². The lowest BCUT2D eigenvalue weighted by atomic mass is 10.1. The van der Waals surface area contributed by atoms with Crippen LogP contribution in [0.25, 0.3) is 10.8 Å². The molecule has 2 aromatic carbocycles. The van der Waals surface area contributed by atoms with Gasteiger partial charge in [0.2, 0.25) is 5.89 Å². The summed E-state index contributed by atoms with van der Waals surface area (Å²) in [6.07, 6.45) is 0.139. The summed E-state index contributed by atoms with van der Waals surface area (Å²) in [4.78, 5) is 6.20. The van der Waals surface area contributed by atoms with Crippen molar-refractivity contribution in [2.45, 2.75) is 26.0 Å². The van der Waals surface area contributed by atoms with Crippen LogP contribution in [-0.4, -0.2) is 46.5 Å². The molecule has 0 spiro atoms. The monoisotopic (exact) mass is 341 g/mol. The molecule has 25 heavy (non-hydrogen) atoms. The Kier molecular flexibility index (Phi) is 5.63. The molecular weight excluding hydrogens is 318 g/mol. The fourth-order valence-electron chi connectivity index (χ4n) is 2.66. The SMILES string of the molecule is CCc1noc(CN(C)CC(O)COc2ccc3ccccc3c2)n1. The number of aryl methyl sites for hydroxylation is 1. The molecule has 1 aromatic heterocycles. The van der Waals surface area contributed by atoms with Crippen molar-refractivity contribution >= 4 is 10.8 Å². The number of fused-ring (bicyclic) bond motifs is 1. The Hall–Kier alpha value is -2.44. The second-order valence-corrected chi connectivity index (χ2v) is 6.13. The van der Waals surface area contributed by atoms with Crippen molar-refractivity contribution in [1.29, 1.82) is 0 Å². The number of benzene rings is 2. The minimum atomic E-state index is -0.606. The molecule has 0 saturated carbocycles. The Morgan fingerprint density at radius 1 is 1.20 bits per heavy atom. The van der Waals surface area contributed by atoms with Crippen LogP contribution in [0.2, 0.25) is 0 Å². The minimum absolute atomic E-state index is 0.229. The van der Waals surface area contributed by atoms with Crippen molar-refractivity contribution in [3.63, 3.8) is 0 Å². The van der Waals surface area contributed by atoms with Crippen molar-refractivity contribution < 1.29 is 14.4 Å². The van der Waals surface area contributed by atoms with E-state index < -0.39 is 6.10 Å². The predicted molar refractivity (Wildman–Crippen MR) is 95.5 cm³/mol. The van der Waals surface area contributed by atoms with Crippen molar-refractivity contribution in [3.8, 4) is 5.75 Å². The molecule has 1 N–H and O–H groups in total. The number of aromatic nitrogens is 2. The normalized spacial score (nSPS) is 12.6. The molecule has 0 bridgehead atoms. The van der Waals surface area contributed by atoms with Gasteiger partial charge in [0.1, 0.15) is 18.5 Å². The van der Waals surface area contributed by atoms with Gasteiger partial charge >= 0.3 is 0 Å². The first-order valence-corrected chi connectivity index (χ1v) is 8.43. The number of ether oxygens (including phenoxy) is 1. The summed E-state index contributed by atoms with van der Waals surface area (Å²) in [5.74, 6) is 2.01. The second kappa shape index (κ2) is 8.09. The lowest BCUT2D eigenvalue weighted by Gasteiger charge is -2.19. The van der Waals surface area contributed by atoms with Crippen LogP contribution >= 0.6 is 0 Å². The molecule has 6 heteroatoms. The largest absolute Gasteiger partial charge is 0.491 e. The van der Waals surface area contributed by atoms with Gasteiger partial charge in [-0.3, -0.25) is 4.90 Å². The molecule has 0 aliphatic carbocycles. The molecule has 0 radical (unpaired) electrons. The van der Waals surface area contributed by atoms with Gasteiger partial charge in [-0.15, -0.1) is 0 Å². The molecule has 0 aliphatic rings. The highest BCUT2D eigenvalue weighted by molar-refractivity contribution is 5.83. The summed E-state index contributed by atoms with van der Waals surface area (Å²) in [6.45, 7) is 3.16. The average molecular weight is 341 g/mol. The highest BCUT2D eigenvalue weighted by Gasteiger charge is 2.13. The fraction of sp³-hybridized carbons (Fsp3) is 0.368. The molecule has 1 heterocycles. The van der Waals surface area contributed by atoms with Gasteiger partial charge in [0.25, 0.3) is 0 Å². The van der Waals surface area contributed by atoms with Crippen LogP contribution < -0.4 is 4.74 Å². The molecule has 0 aliphatic heterocycles. The topological polar surface area (TPSA) is 71.6 Å². The molecule has 1 unspecified atom stereocenters. The average Bonchev–Trinajstić information content (AvgIpc) is 3.07. The maximum atomic E-state index is 10.2. The van der Waals surface area contributed by atoms with E-state index in [0.717, 1.165) is 17.6 Å². The van der Waals surface area contributed by atoms with Crippen LogP contribution in [0, 0.1) is 0 Å². The molecule has 132 valence electrons. The fourth-order valence-corrected chi connectivity index (χ4v) is 2.66. The summed E-state index contributed by atoms with van der Waals surface area (Å²) >= 11 is 0. The van der Waals surface area contributed by atoms with Crippen molar-refractivity contribution in [2.75, 3.05) is 20.2 Å². The summed E-state index contributed by atoms with van der Waals surface area (Å²) in [6, 6.07) is 14.0. The molecule has 3 rings (SSSR count). The van der Waals surface area contributed by atoms with Gasteiger partial charge in [0.15, 0.2) is 5.82 Å². The maximum Gasteiger partial charge on any atom is 0.240 e. The van der Waals surface area contributed by atoms with E-state index in [2.05, 4.69) is 16.2 Å². The van der Waals surface area contributed by atoms with E-state index in [4.69, 9.17) is 9.26 Å². The zero-order valence-electron chi connectivity index (χ0n) is 14.6. The van der Waals surface area contributed by atoms with Crippen LogP contribution in [0.1, 0.15) is 18.6 Å². The third kappa shape index (κ3) is 4.78. The van der Waals surface area contributed by atoms with Crippen LogP contribution in [0.15, 0.2) is 47.0 Å². The van der Waals surface area contributed by atoms with Gasteiger partial charge in [-0.25, -0.2) is 0 Å². The molecule has 3 aromatic rings. The third-order valence-corrected chi connectivity index (χ3v) is 3.92. The summed E-state index contributed by atoms with van der Waals surface area (Å²) < 4.78 is 10.9. The first kappa shape index (κ1) is 17.4. The number of hydrogen-bond acceptors (Lipinski definition) is 6. The van der Waals surface area contributed by atoms with Crippen molar-refractivity contribution in [3.05, 3.63) is 54.2 Å². The van der Waals surface area contributed by atoms with E-state index >= 15 is 0 Å². The lowest BCUT2D eigenvalue weighted by molar-refractivity contribution is 0.0714. The van der Waals surface area contributed by atoms with E-state index in [1.807, 2.05) is 55.3 Å². The highest BCUT2D eigenvalue weighted by atomic mass is 16.5. The highest BCUT2D eigenvalue weighted by Crippen LogP contribution is 2.20. The van der Waals surface area contributed by atoms with E-state index in [0.29, 0.717) is 24.8 Å².